The van der Waals surface area contributed by atoms with Crippen molar-refractivity contribution in [1.29, 1.82) is 0 Å². The first-order chi connectivity index (χ1) is 6.15. The zero-order valence-corrected chi connectivity index (χ0v) is 8.05. The van der Waals surface area contributed by atoms with E-state index in [2.05, 4.69) is 0 Å². The maximum atomic E-state index is 12.8. The van der Waals surface area contributed by atoms with Crippen LogP contribution in [0, 0.1) is 11.8 Å². The minimum absolute atomic E-state index is 0.0593. The van der Waals surface area contributed by atoms with E-state index in [0.717, 1.165) is 0 Å². The van der Waals surface area contributed by atoms with Crippen molar-refractivity contribution in [3.63, 3.8) is 0 Å². The highest BCUT2D eigenvalue weighted by atomic mass is 19.1. The molecule has 3 heteroatoms. The van der Waals surface area contributed by atoms with Crippen LogP contribution in [0.1, 0.15) is 26.7 Å². The van der Waals surface area contributed by atoms with Gasteiger partial charge in [-0.25, -0.2) is 4.39 Å². The molecular formula is C10H15FO2. The van der Waals surface area contributed by atoms with E-state index >= 15 is 0 Å². The van der Waals surface area contributed by atoms with Crippen molar-refractivity contribution in [2.75, 3.05) is 6.61 Å². The molecule has 0 amide bonds. The number of esters is 1. The Hall–Kier alpha value is -0.860. The predicted molar refractivity (Wildman–Crippen MR) is 47.7 cm³/mol. The monoisotopic (exact) mass is 186 g/mol. The van der Waals surface area contributed by atoms with E-state index in [-0.39, 0.29) is 23.6 Å². The van der Waals surface area contributed by atoms with Crippen LogP contribution in [0.5, 0.6) is 0 Å². The number of allylic oxidation sites excluding steroid dienone is 2. The minimum atomic E-state index is -0.196. The van der Waals surface area contributed by atoms with E-state index in [1.54, 1.807) is 6.92 Å². The van der Waals surface area contributed by atoms with Crippen LogP contribution < -0.4 is 0 Å². The standard InChI is InChI=1S/C10H15FO2/c1-3-13-10(12)9-5-4-8(11)6-7(9)2/h4,7,9H,3,5-6H2,1-2H3. The average Bonchev–Trinajstić information content (AvgIpc) is 2.04. The summed E-state index contributed by atoms with van der Waals surface area (Å²) in [6.07, 6.45) is 2.33. The Morgan fingerprint density at radius 1 is 1.77 bits per heavy atom. The maximum absolute atomic E-state index is 12.8. The number of carbonyl (C=O) groups is 1. The van der Waals surface area contributed by atoms with E-state index in [4.69, 9.17) is 4.74 Å². The molecule has 0 saturated carbocycles. The Balaban J connectivity index is 2.56. The molecule has 0 aromatic rings. The smallest absolute Gasteiger partial charge is 0.309 e. The SMILES string of the molecule is CCOC(=O)C1CC=C(F)CC1C. The number of halogens is 1. The van der Waals surface area contributed by atoms with Gasteiger partial charge in [-0.05, 0) is 19.3 Å². The van der Waals surface area contributed by atoms with Gasteiger partial charge in [-0.1, -0.05) is 13.0 Å². The highest BCUT2D eigenvalue weighted by Crippen LogP contribution is 2.30. The molecule has 0 saturated heterocycles. The van der Waals surface area contributed by atoms with Gasteiger partial charge in [0.1, 0.15) is 0 Å². The second-order valence-corrected chi connectivity index (χ2v) is 3.43. The summed E-state index contributed by atoms with van der Waals surface area (Å²) in [5.74, 6) is -0.393. The van der Waals surface area contributed by atoms with E-state index in [1.807, 2.05) is 6.92 Å². The van der Waals surface area contributed by atoms with Gasteiger partial charge in [0, 0.05) is 6.42 Å². The molecule has 0 aromatic heterocycles. The Morgan fingerprint density at radius 2 is 2.46 bits per heavy atom. The fraction of sp³-hybridized carbons (Fsp3) is 0.700. The average molecular weight is 186 g/mol. The Labute approximate surface area is 77.8 Å². The molecule has 2 nitrogen and oxygen atoms in total. The molecule has 0 aliphatic heterocycles. The van der Waals surface area contributed by atoms with Gasteiger partial charge >= 0.3 is 5.97 Å². The van der Waals surface area contributed by atoms with Gasteiger partial charge in [0.2, 0.25) is 0 Å². The number of hydrogen-bond acceptors (Lipinski definition) is 2. The molecule has 1 aliphatic rings. The van der Waals surface area contributed by atoms with Crippen molar-refractivity contribution in [1.82, 2.24) is 0 Å². The predicted octanol–water partition coefficient (Wildman–Crippen LogP) is 2.45. The van der Waals surface area contributed by atoms with E-state index in [1.165, 1.54) is 6.08 Å². The molecule has 2 unspecified atom stereocenters. The first-order valence-electron chi connectivity index (χ1n) is 4.66. The highest BCUT2D eigenvalue weighted by molar-refractivity contribution is 5.73. The molecular weight excluding hydrogens is 171 g/mol. The third-order valence-corrected chi connectivity index (χ3v) is 2.39. The molecule has 0 aromatic carbocycles. The normalized spacial score (nSPS) is 28.1. The Bertz CT molecular complexity index is 223. The van der Waals surface area contributed by atoms with Gasteiger partial charge < -0.3 is 4.74 Å². The summed E-state index contributed by atoms with van der Waals surface area (Å²) in [7, 11) is 0. The Kier molecular flexibility index (Phi) is 3.46. The van der Waals surface area contributed by atoms with E-state index in [0.29, 0.717) is 19.4 Å². The van der Waals surface area contributed by atoms with Crippen molar-refractivity contribution < 1.29 is 13.9 Å². The van der Waals surface area contributed by atoms with E-state index < -0.39 is 0 Å². The van der Waals surface area contributed by atoms with E-state index in [9.17, 15) is 9.18 Å². The van der Waals surface area contributed by atoms with Crippen LogP contribution >= 0.6 is 0 Å². The molecule has 0 heterocycles. The topological polar surface area (TPSA) is 26.3 Å². The molecule has 0 fully saturated rings. The van der Waals surface area contributed by atoms with Crippen LogP contribution in [0.2, 0.25) is 0 Å². The maximum Gasteiger partial charge on any atom is 0.309 e. The van der Waals surface area contributed by atoms with Gasteiger partial charge in [0.15, 0.2) is 0 Å². The summed E-state index contributed by atoms with van der Waals surface area (Å²) in [5.41, 5.74) is 0. The summed E-state index contributed by atoms with van der Waals surface area (Å²) >= 11 is 0. The summed E-state index contributed by atoms with van der Waals surface area (Å²) in [4.78, 5) is 11.3. The second kappa shape index (κ2) is 4.40. The van der Waals surface area contributed by atoms with Crippen LogP contribution in [0.15, 0.2) is 11.9 Å². The largest absolute Gasteiger partial charge is 0.466 e. The van der Waals surface area contributed by atoms with Gasteiger partial charge in [-0.2, -0.15) is 0 Å². The van der Waals surface area contributed by atoms with Gasteiger partial charge in [-0.15, -0.1) is 0 Å². The molecule has 0 bridgehead atoms. The molecule has 2 atom stereocenters. The molecule has 13 heavy (non-hydrogen) atoms. The van der Waals surface area contributed by atoms with Gasteiger partial charge in [-0.3, -0.25) is 4.79 Å². The molecule has 74 valence electrons. The highest BCUT2D eigenvalue weighted by Gasteiger charge is 2.29. The lowest BCUT2D eigenvalue weighted by Gasteiger charge is -2.23. The van der Waals surface area contributed by atoms with Gasteiger partial charge in [0.25, 0.3) is 0 Å². The fourth-order valence-electron chi connectivity index (χ4n) is 1.60. The van der Waals surface area contributed by atoms with Gasteiger partial charge in [0.05, 0.1) is 18.4 Å². The molecule has 1 rings (SSSR count). The van der Waals surface area contributed by atoms with Crippen molar-refractivity contribution in [2.45, 2.75) is 26.7 Å². The van der Waals surface area contributed by atoms with Crippen LogP contribution in [0.3, 0.4) is 0 Å². The summed E-state index contributed by atoms with van der Waals surface area (Å²) in [5, 5.41) is 0. The minimum Gasteiger partial charge on any atom is -0.466 e. The van der Waals surface area contributed by atoms with Crippen molar-refractivity contribution >= 4 is 5.97 Å². The summed E-state index contributed by atoms with van der Waals surface area (Å²) in [6, 6.07) is 0. The summed E-state index contributed by atoms with van der Waals surface area (Å²) < 4.78 is 17.7. The Morgan fingerprint density at radius 3 is 3.00 bits per heavy atom. The lowest BCUT2D eigenvalue weighted by atomic mass is 9.84. The zero-order chi connectivity index (χ0) is 9.84. The fourth-order valence-corrected chi connectivity index (χ4v) is 1.60. The third-order valence-electron chi connectivity index (χ3n) is 2.39. The molecule has 0 N–H and O–H groups in total. The lowest BCUT2D eigenvalue weighted by Crippen LogP contribution is -2.26. The van der Waals surface area contributed by atoms with Crippen molar-refractivity contribution in [3.05, 3.63) is 11.9 Å². The first kappa shape index (κ1) is 10.2. The summed E-state index contributed by atoms with van der Waals surface area (Å²) in [6.45, 7) is 4.06. The quantitative estimate of drug-likeness (QED) is 0.619. The number of hydrogen-bond donors (Lipinski definition) is 0. The van der Waals surface area contributed by atoms with Crippen molar-refractivity contribution in [3.8, 4) is 0 Å². The molecule has 0 spiro atoms. The second-order valence-electron chi connectivity index (χ2n) is 3.43. The number of rotatable bonds is 2. The van der Waals surface area contributed by atoms with Crippen LogP contribution in [0.25, 0.3) is 0 Å². The van der Waals surface area contributed by atoms with Crippen LogP contribution in [0.4, 0.5) is 4.39 Å². The number of carbonyl (C=O) groups excluding carboxylic acids is 1. The van der Waals surface area contributed by atoms with Crippen molar-refractivity contribution in [2.24, 2.45) is 11.8 Å². The molecule has 1 aliphatic carbocycles. The lowest BCUT2D eigenvalue weighted by molar-refractivity contribution is -0.149. The molecule has 0 radical (unpaired) electrons. The zero-order valence-electron chi connectivity index (χ0n) is 8.05. The first-order valence-corrected chi connectivity index (χ1v) is 4.66. The third kappa shape index (κ3) is 2.54. The number of ether oxygens (including phenoxy) is 1. The van der Waals surface area contributed by atoms with Crippen LogP contribution in [-0.2, 0) is 9.53 Å². The van der Waals surface area contributed by atoms with Crippen LogP contribution in [-0.4, -0.2) is 12.6 Å².